The van der Waals surface area contributed by atoms with E-state index in [2.05, 4.69) is 50.1 Å². The van der Waals surface area contributed by atoms with Crippen molar-refractivity contribution in [3.8, 4) is 11.4 Å². The van der Waals surface area contributed by atoms with Crippen molar-refractivity contribution in [3.63, 3.8) is 0 Å². The molecule has 0 radical (unpaired) electrons. The van der Waals surface area contributed by atoms with E-state index in [-0.39, 0.29) is 5.91 Å². The predicted molar refractivity (Wildman–Crippen MR) is 165 cm³/mol. The monoisotopic (exact) mass is 639 g/mol. The van der Waals surface area contributed by atoms with E-state index in [1.165, 1.54) is 5.56 Å². The number of likely N-dealkylation sites (N-methyl/N-ethyl adjacent to an activating group) is 1. The van der Waals surface area contributed by atoms with Crippen LogP contribution < -0.4 is 10.2 Å². The summed E-state index contributed by atoms with van der Waals surface area (Å²) in [5.41, 5.74) is 4.13. The number of aromatic nitrogens is 4. The number of benzene rings is 2. The standard InChI is InChI=1S/C30H35N7O2.C2HF3O2/c1-31-27(38)19-22-7-9-24(10-8-22)28-33-29(36-15-17-39-18-16-36)26-20-32-37(30(26)34-28)25-11-13-35(14-12-25)21-23-5-3-2-4-6-23;3-2(4,5)1(6)7/h2-10,20,25H,11-19,21H2,1H3,(H,31,38);(H,6,7). The highest BCUT2D eigenvalue weighted by molar-refractivity contribution is 5.89. The Kier molecular flexibility index (Phi) is 10.5. The Morgan fingerprint density at radius 3 is 2.22 bits per heavy atom. The molecule has 2 aromatic carbocycles. The van der Waals surface area contributed by atoms with Crippen molar-refractivity contribution in [2.45, 2.75) is 38.0 Å². The minimum Gasteiger partial charge on any atom is -0.475 e. The van der Waals surface area contributed by atoms with E-state index in [1.54, 1.807) is 7.05 Å². The maximum absolute atomic E-state index is 11.8. The van der Waals surface area contributed by atoms with Crippen molar-refractivity contribution in [1.29, 1.82) is 0 Å². The molecule has 2 fully saturated rings. The SMILES string of the molecule is CNC(=O)Cc1ccc(-c2nc(N3CCOCC3)c3cnn(C4CCN(Cc5ccccc5)CC4)c3n2)cc1.O=C(O)C(F)(F)F. The number of anilines is 1. The fourth-order valence-corrected chi connectivity index (χ4v) is 5.53. The third kappa shape index (κ3) is 8.17. The lowest BCUT2D eigenvalue weighted by Crippen LogP contribution is -2.37. The molecule has 4 heterocycles. The van der Waals surface area contributed by atoms with Crippen LogP contribution in [0.5, 0.6) is 0 Å². The number of amides is 1. The Balaban J connectivity index is 0.000000537. The van der Waals surface area contributed by atoms with E-state index in [4.69, 9.17) is 29.7 Å². The number of piperidine rings is 1. The normalized spacial score (nSPS) is 16.1. The highest BCUT2D eigenvalue weighted by Gasteiger charge is 2.38. The summed E-state index contributed by atoms with van der Waals surface area (Å²) in [6.45, 7) is 5.99. The molecule has 2 aromatic heterocycles. The molecule has 2 aliphatic rings. The molecule has 2 aliphatic heterocycles. The Morgan fingerprint density at radius 2 is 1.61 bits per heavy atom. The predicted octanol–water partition coefficient (Wildman–Crippen LogP) is 4.09. The molecule has 0 atom stereocenters. The number of fused-ring (bicyclic) bond motifs is 1. The zero-order valence-electron chi connectivity index (χ0n) is 25.4. The van der Waals surface area contributed by atoms with Crippen LogP contribution in [0.25, 0.3) is 22.4 Å². The van der Waals surface area contributed by atoms with Gasteiger partial charge in [0.25, 0.3) is 0 Å². The van der Waals surface area contributed by atoms with Gasteiger partial charge >= 0.3 is 12.1 Å². The van der Waals surface area contributed by atoms with Gasteiger partial charge in [0, 0.05) is 45.3 Å². The van der Waals surface area contributed by atoms with Gasteiger partial charge in [-0.3, -0.25) is 9.69 Å². The maximum Gasteiger partial charge on any atom is 0.490 e. The van der Waals surface area contributed by atoms with Crippen molar-refractivity contribution in [1.82, 2.24) is 30.0 Å². The van der Waals surface area contributed by atoms with Crippen molar-refractivity contribution >= 4 is 28.7 Å². The Bertz CT molecular complexity index is 1620. The number of carbonyl (C=O) groups is 2. The van der Waals surface area contributed by atoms with Gasteiger partial charge in [0.05, 0.1) is 37.3 Å². The molecule has 1 amide bonds. The third-order valence-electron chi connectivity index (χ3n) is 7.99. The third-order valence-corrected chi connectivity index (χ3v) is 7.99. The van der Waals surface area contributed by atoms with Crippen LogP contribution in [0.2, 0.25) is 0 Å². The quantitative estimate of drug-likeness (QED) is 0.308. The molecule has 0 spiro atoms. The number of carboxylic acids is 1. The van der Waals surface area contributed by atoms with Gasteiger partial charge in [-0.15, -0.1) is 0 Å². The first-order valence-corrected chi connectivity index (χ1v) is 15.1. The second-order valence-electron chi connectivity index (χ2n) is 11.1. The number of ether oxygens (including phenoxy) is 1. The number of rotatable bonds is 7. The van der Waals surface area contributed by atoms with Crippen LogP contribution in [0.15, 0.2) is 60.8 Å². The first-order chi connectivity index (χ1) is 22.1. The lowest BCUT2D eigenvalue weighted by atomic mass is 10.0. The van der Waals surface area contributed by atoms with Crippen LogP contribution in [0.1, 0.15) is 30.0 Å². The number of likely N-dealkylation sites (tertiary alicyclic amines) is 1. The summed E-state index contributed by atoms with van der Waals surface area (Å²) in [4.78, 5) is 35.6. The minimum atomic E-state index is -5.08. The van der Waals surface area contributed by atoms with Crippen molar-refractivity contribution in [2.24, 2.45) is 0 Å². The molecule has 11 nitrogen and oxygen atoms in total. The number of hydrogen-bond donors (Lipinski definition) is 2. The van der Waals surface area contributed by atoms with E-state index in [1.807, 2.05) is 30.5 Å². The van der Waals surface area contributed by atoms with Gasteiger partial charge in [0.2, 0.25) is 5.91 Å². The second kappa shape index (κ2) is 14.7. The lowest BCUT2D eigenvalue weighted by molar-refractivity contribution is -0.192. The zero-order valence-corrected chi connectivity index (χ0v) is 25.4. The molecule has 4 aromatic rings. The van der Waals surface area contributed by atoms with Gasteiger partial charge in [-0.05, 0) is 24.0 Å². The molecule has 0 unspecified atom stereocenters. The molecule has 244 valence electrons. The summed E-state index contributed by atoms with van der Waals surface area (Å²) in [5, 5.41) is 15.7. The molecule has 6 rings (SSSR count). The number of morpholine rings is 1. The van der Waals surface area contributed by atoms with Gasteiger partial charge in [-0.2, -0.15) is 18.3 Å². The van der Waals surface area contributed by atoms with Gasteiger partial charge in [0.1, 0.15) is 5.82 Å². The summed E-state index contributed by atoms with van der Waals surface area (Å²) < 4.78 is 39.5. The fraction of sp³-hybridized carbons (Fsp3) is 0.406. The lowest BCUT2D eigenvalue weighted by Gasteiger charge is -2.32. The van der Waals surface area contributed by atoms with Crippen molar-refractivity contribution in [3.05, 3.63) is 71.9 Å². The van der Waals surface area contributed by atoms with Crippen LogP contribution in [-0.4, -0.2) is 94.2 Å². The molecule has 2 N–H and O–H groups in total. The number of carboxylic acid groups (broad SMARTS) is 1. The highest BCUT2D eigenvalue weighted by Crippen LogP contribution is 2.32. The topological polar surface area (TPSA) is 126 Å². The number of nitrogens with one attached hydrogen (secondary N) is 1. The Morgan fingerprint density at radius 1 is 0.957 bits per heavy atom. The average Bonchev–Trinajstić information content (AvgIpc) is 3.50. The molecular weight excluding hydrogens is 603 g/mol. The maximum atomic E-state index is 11.8. The smallest absolute Gasteiger partial charge is 0.475 e. The molecule has 0 bridgehead atoms. The Labute approximate surface area is 264 Å². The molecular formula is C32H36F3N7O4. The van der Waals surface area contributed by atoms with Crippen LogP contribution in [0.4, 0.5) is 19.0 Å². The van der Waals surface area contributed by atoms with Gasteiger partial charge in [-0.1, -0.05) is 54.6 Å². The number of hydrogen-bond acceptors (Lipinski definition) is 8. The van der Waals surface area contributed by atoms with E-state index < -0.39 is 12.1 Å². The summed E-state index contributed by atoms with van der Waals surface area (Å²) in [7, 11) is 1.66. The number of halogens is 3. The van der Waals surface area contributed by atoms with E-state index in [0.717, 1.165) is 73.5 Å². The van der Waals surface area contributed by atoms with Gasteiger partial charge in [0.15, 0.2) is 11.5 Å². The van der Waals surface area contributed by atoms with E-state index in [0.29, 0.717) is 31.5 Å². The first kappa shape index (κ1) is 32.8. The molecule has 14 heteroatoms. The highest BCUT2D eigenvalue weighted by atomic mass is 19.4. The van der Waals surface area contributed by atoms with Crippen LogP contribution in [-0.2, 0) is 27.3 Å². The molecule has 46 heavy (non-hydrogen) atoms. The van der Waals surface area contributed by atoms with E-state index >= 15 is 0 Å². The molecule has 0 aliphatic carbocycles. The molecule has 0 saturated carbocycles. The largest absolute Gasteiger partial charge is 0.490 e. The van der Waals surface area contributed by atoms with Gasteiger partial charge < -0.3 is 20.1 Å². The zero-order chi connectivity index (χ0) is 32.7. The summed E-state index contributed by atoms with van der Waals surface area (Å²) in [6, 6.07) is 18.9. The summed E-state index contributed by atoms with van der Waals surface area (Å²) >= 11 is 0. The average molecular weight is 640 g/mol. The van der Waals surface area contributed by atoms with Crippen molar-refractivity contribution < 1.29 is 32.6 Å². The van der Waals surface area contributed by atoms with Crippen LogP contribution >= 0.6 is 0 Å². The minimum absolute atomic E-state index is 0.00580. The van der Waals surface area contributed by atoms with E-state index in [9.17, 15) is 18.0 Å². The fourth-order valence-electron chi connectivity index (χ4n) is 5.53. The number of carbonyl (C=O) groups excluding carboxylic acids is 1. The van der Waals surface area contributed by atoms with Crippen LogP contribution in [0.3, 0.4) is 0 Å². The molecule has 2 saturated heterocycles. The summed E-state index contributed by atoms with van der Waals surface area (Å²) in [5.74, 6) is -1.17. The van der Waals surface area contributed by atoms with Crippen LogP contribution in [0, 0.1) is 0 Å². The first-order valence-electron chi connectivity index (χ1n) is 15.1. The second-order valence-corrected chi connectivity index (χ2v) is 11.1. The number of aliphatic carboxylic acids is 1. The van der Waals surface area contributed by atoms with Crippen molar-refractivity contribution in [2.75, 3.05) is 51.3 Å². The van der Waals surface area contributed by atoms with Gasteiger partial charge in [-0.25, -0.2) is 19.4 Å². The summed E-state index contributed by atoms with van der Waals surface area (Å²) in [6.07, 6.45) is -0.730. The number of nitrogens with zero attached hydrogens (tertiary/aromatic N) is 6. The number of alkyl halides is 3. The Hall–Kier alpha value is -4.56.